The Morgan fingerprint density at radius 2 is 2.00 bits per heavy atom. The second-order valence-electron chi connectivity index (χ2n) is 6.56. The van der Waals surface area contributed by atoms with Crippen LogP contribution in [0, 0.1) is 6.92 Å². The summed E-state index contributed by atoms with van der Waals surface area (Å²) in [5, 5.41) is 13.0. The fourth-order valence-corrected chi connectivity index (χ4v) is 4.48. The SMILES string of the molecule is COc1ccc(-c2nc(C)c(-c3ccc(SCC(=O)NCc4ccco4)nn3)s2)cc1. The minimum atomic E-state index is -0.0882. The van der Waals surface area contributed by atoms with Crippen LogP contribution in [0.3, 0.4) is 0 Å². The van der Waals surface area contributed by atoms with Crippen molar-refractivity contribution in [3.8, 4) is 26.9 Å². The first-order valence-corrected chi connectivity index (χ1v) is 11.3. The largest absolute Gasteiger partial charge is 0.497 e. The van der Waals surface area contributed by atoms with E-state index in [1.807, 2.05) is 49.4 Å². The molecular formula is C22H20N4O3S2. The summed E-state index contributed by atoms with van der Waals surface area (Å²) in [6.07, 6.45) is 1.58. The number of aromatic nitrogens is 3. The smallest absolute Gasteiger partial charge is 0.230 e. The van der Waals surface area contributed by atoms with Gasteiger partial charge in [-0.2, -0.15) is 0 Å². The number of nitrogens with zero attached hydrogens (tertiary/aromatic N) is 3. The topological polar surface area (TPSA) is 90.1 Å². The highest BCUT2D eigenvalue weighted by molar-refractivity contribution is 7.99. The van der Waals surface area contributed by atoms with Crippen LogP contribution in [0.2, 0.25) is 0 Å². The van der Waals surface area contributed by atoms with Crippen LogP contribution < -0.4 is 10.1 Å². The van der Waals surface area contributed by atoms with E-state index in [2.05, 4.69) is 20.5 Å². The van der Waals surface area contributed by atoms with Gasteiger partial charge in [0.1, 0.15) is 27.2 Å². The van der Waals surface area contributed by atoms with Crippen LogP contribution in [0.1, 0.15) is 11.5 Å². The zero-order chi connectivity index (χ0) is 21.6. The van der Waals surface area contributed by atoms with E-state index in [-0.39, 0.29) is 11.7 Å². The number of nitrogens with one attached hydrogen (secondary N) is 1. The standard InChI is InChI=1S/C22H20N4O3S2/c1-14-21(31-22(24-14)15-5-7-16(28-2)8-6-15)18-9-10-20(26-25-18)30-13-19(27)23-12-17-4-3-11-29-17/h3-11H,12-13H2,1-2H3,(H,23,27). The maximum Gasteiger partial charge on any atom is 0.230 e. The number of amides is 1. The van der Waals surface area contributed by atoms with Gasteiger partial charge < -0.3 is 14.5 Å². The lowest BCUT2D eigenvalue weighted by Gasteiger charge is -2.03. The molecule has 4 aromatic rings. The molecule has 3 heterocycles. The van der Waals surface area contributed by atoms with Gasteiger partial charge in [0.2, 0.25) is 5.91 Å². The number of methoxy groups -OCH3 is 1. The highest BCUT2D eigenvalue weighted by Gasteiger charge is 2.14. The van der Waals surface area contributed by atoms with Gasteiger partial charge in [-0.15, -0.1) is 21.5 Å². The van der Waals surface area contributed by atoms with E-state index in [9.17, 15) is 4.79 Å². The molecule has 1 amide bonds. The van der Waals surface area contributed by atoms with E-state index >= 15 is 0 Å². The predicted molar refractivity (Wildman–Crippen MR) is 121 cm³/mol. The first kappa shape index (κ1) is 21.1. The molecule has 3 aromatic heterocycles. The monoisotopic (exact) mass is 452 g/mol. The first-order valence-electron chi connectivity index (χ1n) is 9.50. The average Bonchev–Trinajstić information content (AvgIpc) is 3.46. The molecule has 158 valence electrons. The number of aryl methyl sites for hydroxylation is 1. The molecule has 0 bridgehead atoms. The number of furan rings is 1. The van der Waals surface area contributed by atoms with E-state index in [0.29, 0.717) is 11.6 Å². The summed E-state index contributed by atoms with van der Waals surface area (Å²) < 4.78 is 10.4. The van der Waals surface area contributed by atoms with Gasteiger partial charge in [0.05, 0.1) is 36.2 Å². The number of rotatable bonds is 8. The molecule has 0 spiro atoms. The molecule has 0 aliphatic rings. The van der Waals surface area contributed by atoms with Gasteiger partial charge in [-0.05, 0) is 55.5 Å². The van der Waals surface area contributed by atoms with Crippen molar-refractivity contribution in [1.82, 2.24) is 20.5 Å². The third-order valence-corrected chi connectivity index (χ3v) is 6.55. The van der Waals surface area contributed by atoms with Gasteiger partial charge in [-0.25, -0.2) is 4.98 Å². The Morgan fingerprint density at radius 1 is 1.16 bits per heavy atom. The second kappa shape index (κ2) is 9.76. The molecule has 0 atom stereocenters. The first-order chi connectivity index (χ1) is 15.1. The number of hydrogen-bond donors (Lipinski definition) is 1. The third kappa shape index (κ3) is 5.31. The molecule has 9 heteroatoms. The Morgan fingerprint density at radius 3 is 2.68 bits per heavy atom. The van der Waals surface area contributed by atoms with Crippen LogP contribution in [0.4, 0.5) is 0 Å². The normalized spacial score (nSPS) is 10.8. The molecule has 7 nitrogen and oxygen atoms in total. The number of carbonyl (C=O) groups excluding carboxylic acids is 1. The molecule has 4 rings (SSSR count). The zero-order valence-corrected chi connectivity index (χ0v) is 18.6. The highest BCUT2D eigenvalue weighted by atomic mass is 32.2. The van der Waals surface area contributed by atoms with Crippen molar-refractivity contribution in [2.75, 3.05) is 12.9 Å². The van der Waals surface area contributed by atoms with Gasteiger partial charge in [-0.1, -0.05) is 11.8 Å². The number of hydrogen-bond acceptors (Lipinski definition) is 8. The van der Waals surface area contributed by atoms with Crippen molar-refractivity contribution in [1.29, 1.82) is 0 Å². The predicted octanol–water partition coefficient (Wildman–Crippen LogP) is 4.59. The van der Waals surface area contributed by atoms with Crippen LogP contribution in [0.5, 0.6) is 5.75 Å². The lowest BCUT2D eigenvalue weighted by Crippen LogP contribution is -2.24. The lowest BCUT2D eigenvalue weighted by atomic mass is 10.2. The quantitative estimate of drug-likeness (QED) is 0.391. The number of thioether (sulfide) groups is 1. The number of thiazole rings is 1. The van der Waals surface area contributed by atoms with Crippen molar-refractivity contribution in [2.24, 2.45) is 0 Å². The van der Waals surface area contributed by atoms with E-state index < -0.39 is 0 Å². The lowest BCUT2D eigenvalue weighted by molar-refractivity contribution is -0.118. The summed E-state index contributed by atoms with van der Waals surface area (Å²) in [7, 11) is 1.65. The van der Waals surface area contributed by atoms with Crippen molar-refractivity contribution in [3.63, 3.8) is 0 Å². The summed E-state index contributed by atoms with van der Waals surface area (Å²) in [5.41, 5.74) is 2.70. The minimum absolute atomic E-state index is 0.0882. The fraction of sp³-hybridized carbons (Fsp3) is 0.182. The third-order valence-electron chi connectivity index (χ3n) is 4.40. The molecule has 0 unspecified atom stereocenters. The summed E-state index contributed by atoms with van der Waals surface area (Å²) in [5.74, 6) is 1.70. The molecule has 1 aromatic carbocycles. The van der Waals surface area contributed by atoms with Crippen LogP contribution in [-0.2, 0) is 11.3 Å². The number of ether oxygens (including phenoxy) is 1. The van der Waals surface area contributed by atoms with Crippen LogP contribution in [0.15, 0.2) is 64.2 Å². The summed E-state index contributed by atoms with van der Waals surface area (Å²) in [6.45, 7) is 2.34. The molecule has 31 heavy (non-hydrogen) atoms. The Bertz CT molecular complexity index is 1140. The summed E-state index contributed by atoms with van der Waals surface area (Å²) >= 11 is 2.91. The Balaban J connectivity index is 1.37. The molecule has 0 aliphatic carbocycles. The maximum atomic E-state index is 12.0. The van der Waals surface area contributed by atoms with Gasteiger partial charge in [0, 0.05) is 5.56 Å². The van der Waals surface area contributed by atoms with Gasteiger partial charge in [-0.3, -0.25) is 4.79 Å². The molecule has 0 radical (unpaired) electrons. The second-order valence-corrected chi connectivity index (χ2v) is 8.56. The number of carbonyl (C=O) groups is 1. The van der Waals surface area contributed by atoms with Crippen molar-refractivity contribution >= 4 is 29.0 Å². The fourth-order valence-electron chi connectivity index (χ4n) is 2.80. The van der Waals surface area contributed by atoms with Crippen molar-refractivity contribution in [3.05, 3.63) is 66.2 Å². The van der Waals surface area contributed by atoms with Crippen LogP contribution in [0.25, 0.3) is 21.1 Å². The van der Waals surface area contributed by atoms with Crippen molar-refractivity contribution in [2.45, 2.75) is 18.5 Å². The van der Waals surface area contributed by atoms with Gasteiger partial charge >= 0.3 is 0 Å². The summed E-state index contributed by atoms with van der Waals surface area (Å²) in [4.78, 5) is 17.6. The molecule has 0 fully saturated rings. The average molecular weight is 453 g/mol. The van der Waals surface area contributed by atoms with Crippen molar-refractivity contribution < 1.29 is 13.9 Å². The molecule has 1 N–H and O–H groups in total. The Hall–Kier alpha value is -3.17. The van der Waals surface area contributed by atoms with E-state index in [1.54, 1.807) is 30.8 Å². The zero-order valence-electron chi connectivity index (χ0n) is 17.0. The van der Waals surface area contributed by atoms with Gasteiger partial charge in [0.25, 0.3) is 0 Å². The van der Waals surface area contributed by atoms with Gasteiger partial charge in [0.15, 0.2) is 0 Å². The Kier molecular flexibility index (Phi) is 6.63. The molecule has 0 aliphatic heterocycles. The molecular weight excluding hydrogens is 432 g/mol. The molecule has 0 saturated heterocycles. The maximum absolute atomic E-state index is 12.0. The minimum Gasteiger partial charge on any atom is -0.497 e. The summed E-state index contributed by atoms with van der Waals surface area (Å²) in [6, 6.07) is 15.2. The van der Waals surface area contributed by atoms with E-state index in [0.717, 1.165) is 38.3 Å². The van der Waals surface area contributed by atoms with Crippen LogP contribution in [-0.4, -0.2) is 34.0 Å². The van der Waals surface area contributed by atoms with E-state index in [4.69, 9.17) is 9.15 Å². The molecule has 0 saturated carbocycles. The van der Waals surface area contributed by atoms with Crippen LogP contribution >= 0.6 is 23.1 Å². The Labute approximate surface area is 187 Å². The van der Waals surface area contributed by atoms with E-state index in [1.165, 1.54) is 11.8 Å². The highest BCUT2D eigenvalue weighted by Crippen LogP contribution is 2.34. The number of benzene rings is 1.